The average Bonchev–Trinajstić information content (AvgIpc) is 2.39. The molecule has 0 spiro atoms. The average molecular weight is 233 g/mol. The van der Waals surface area contributed by atoms with Crippen molar-refractivity contribution < 1.29 is 9.90 Å². The molecular formula is C14H19NO2. The number of likely N-dealkylation sites (tertiary alicyclic amines) is 1. The van der Waals surface area contributed by atoms with Crippen molar-refractivity contribution in [2.24, 2.45) is 5.92 Å². The van der Waals surface area contributed by atoms with E-state index in [9.17, 15) is 9.90 Å². The van der Waals surface area contributed by atoms with Gasteiger partial charge in [0.15, 0.2) is 0 Å². The van der Waals surface area contributed by atoms with E-state index in [2.05, 4.69) is 0 Å². The van der Waals surface area contributed by atoms with Crippen molar-refractivity contribution in [1.82, 2.24) is 4.90 Å². The molecule has 0 radical (unpaired) electrons. The first-order valence-electron chi connectivity index (χ1n) is 6.17. The van der Waals surface area contributed by atoms with Gasteiger partial charge in [-0.05, 0) is 18.9 Å². The summed E-state index contributed by atoms with van der Waals surface area (Å²) in [7, 11) is 0. The van der Waals surface area contributed by atoms with Gasteiger partial charge in [-0.25, -0.2) is 0 Å². The number of aliphatic hydroxyl groups is 1. The maximum atomic E-state index is 11.9. The maximum Gasteiger partial charge on any atom is 0.223 e. The van der Waals surface area contributed by atoms with E-state index in [1.165, 1.54) is 0 Å². The van der Waals surface area contributed by atoms with Crippen LogP contribution in [0.3, 0.4) is 0 Å². The van der Waals surface area contributed by atoms with Crippen LogP contribution in [0.1, 0.15) is 31.4 Å². The number of carbonyl (C=O) groups is 1. The molecule has 1 saturated heterocycles. The predicted molar refractivity (Wildman–Crippen MR) is 66.4 cm³/mol. The first-order chi connectivity index (χ1) is 8.22. The molecule has 92 valence electrons. The van der Waals surface area contributed by atoms with Gasteiger partial charge < -0.3 is 10.0 Å². The highest BCUT2D eigenvalue weighted by molar-refractivity contribution is 5.77. The number of hydrogen-bond donors (Lipinski definition) is 1. The Bertz CT molecular complexity index is 377. The lowest BCUT2D eigenvalue weighted by Gasteiger charge is -2.36. The Hall–Kier alpha value is -1.35. The Labute approximate surface area is 102 Å². The van der Waals surface area contributed by atoms with E-state index in [1.54, 1.807) is 0 Å². The van der Waals surface area contributed by atoms with E-state index in [0.29, 0.717) is 13.0 Å². The van der Waals surface area contributed by atoms with E-state index in [-0.39, 0.29) is 24.5 Å². The molecule has 0 bridgehead atoms. The second-order valence-electron chi connectivity index (χ2n) is 4.72. The van der Waals surface area contributed by atoms with Gasteiger partial charge in [-0.2, -0.15) is 0 Å². The molecule has 2 rings (SSSR count). The van der Waals surface area contributed by atoms with Crippen LogP contribution in [0.4, 0.5) is 0 Å². The zero-order valence-corrected chi connectivity index (χ0v) is 10.2. The molecule has 1 fully saturated rings. The fourth-order valence-corrected chi connectivity index (χ4v) is 2.38. The van der Waals surface area contributed by atoms with Crippen LogP contribution in [0.2, 0.25) is 0 Å². The molecule has 1 aromatic rings. The summed E-state index contributed by atoms with van der Waals surface area (Å²) in [5.41, 5.74) is 1.15. The topological polar surface area (TPSA) is 40.5 Å². The summed E-state index contributed by atoms with van der Waals surface area (Å²) >= 11 is 0. The van der Waals surface area contributed by atoms with Crippen molar-refractivity contribution in [1.29, 1.82) is 0 Å². The fraction of sp³-hybridized carbons (Fsp3) is 0.500. The third-order valence-electron chi connectivity index (χ3n) is 3.55. The van der Waals surface area contributed by atoms with Gasteiger partial charge >= 0.3 is 0 Å². The number of rotatable bonds is 3. The number of carbonyl (C=O) groups excluding carboxylic acids is 1. The lowest BCUT2D eigenvalue weighted by Crippen LogP contribution is -2.42. The van der Waals surface area contributed by atoms with Gasteiger partial charge in [0.25, 0.3) is 0 Å². The third kappa shape index (κ3) is 2.67. The number of hydrogen-bond acceptors (Lipinski definition) is 2. The zero-order valence-electron chi connectivity index (χ0n) is 10.2. The zero-order chi connectivity index (χ0) is 12.3. The van der Waals surface area contributed by atoms with Crippen molar-refractivity contribution >= 4 is 5.91 Å². The summed E-state index contributed by atoms with van der Waals surface area (Å²) in [5.74, 6) is 0.435. The summed E-state index contributed by atoms with van der Waals surface area (Å²) in [5, 5.41) is 9.21. The van der Waals surface area contributed by atoms with Crippen molar-refractivity contribution in [3.8, 4) is 0 Å². The monoisotopic (exact) mass is 233 g/mol. The molecule has 1 aromatic carbocycles. The van der Waals surface area contributed by atoms with Gasteiger partial charge in [-0.1, -0.05) is 30.3 Å². The Kier molecular flexibility index (Phi) is 3.79. The van der Waals surface area contributed by atoms with Crippen LogP contribution in [-0.2, 0) is 4.79 Å². The Morgan fingerprint density at radius 2 is 2.12 bits per heavy atom. The van der Waals surface area contributed by atoms with Crippen LogP contribution in [-0.4, -0.2) is 29.1 Å². The maximum absolute atomic E-state index is 11.9. The standard InChI is InChI=1S/C14H19NO2/c1-11(13-5-3-2-4-6-13)15-9-12(10-16)7-8-14(15)17/h2-6,11-12,16H,7-10H2,1H3. The van der Waals surface area contributed by atoms with Crippen LogP contribution >= 0.6 is 0 Å². The molecule has 3 nitrogen and oxygen atoms in total. The number of benzene rings is 1. The number of piperidine rings is 1. The highest BCUT2D eigenvalue weighted by Gasteiger charge is 2.28. The van der Waals surface area contributed by atoms with Crippen molar-refractivity contribution in [3.63, 3.8) is 0 Å². The first kappa shape index (κ1) is 12.1. The quantitative estimate of drug-likeness (QED) is 0.867. The minimum atomic E-state index is 0.0954. The minimum absolute atomic E-state index is 0.0954. The summed E-state index contributed by atoms with van der Waals surface area (Å²) in [6.07, 6.45) is 1.37. The van der Waals surface area contributed by atoms with Crippen molar-refractivity contribution in [2.75, 3.05) is 13.2 Å². The second-order valence-corrected chi connectivity index (χ2v) is 4.72. The van der Waals surface area contributed by atoms with Gasteiger partial charge in [0.2, 0.25) is 5.91 Å². The van der Waals surface area contributed by atoms with E-state index in [0.717, 1.165) is 12.0 Å². The van der Waals surface area contributed by atoms with Crippen LogP contribution in [0, 0.1) is 5.92 Å². The number of amides is 1. The van der Waals surface area contributed by atoms with E-state index < -0.39 is 0 Å². The molecule has 1 heterocycles. The van der Waals surface area contributed by atoms with Gasteiger partial charge in [0, 0.05) is 25.5 Å². The molecule has 2 unspecified atom stereocenters. The molecular weight excluding hydrogens is 214 g/mol. The van der Waals surface area contributed by atoms with Gasteiger partial charge in [-0.15, -0.1) is 0 Å². The largest absolute Gasteiger partial charge is 0.396 e. The predicted octanol–water partition coefficient (Wildman–Crippen LogP) is 1.98. The summed E-state index contributed by atoms with van der Waals surface area (Å²) in [6.45, 7) is 2.89. The van der Waals surface area contributed by atoms with E-state index >= 15 is 0 Å². The molecule has 1 aliphatic heterocycles. The van der Waals surface area contributed by atoms with Gasteiger partial charge in [-0.3, -0.25) is 4.79 Å². The first-order valence-corrected chi connectivity index (χ1v) is 6.17. The van der Waals surface area contributed by atoms with Gasteiger partial charge in [0.1, 0.15) is 0 Å². The lowest BCUT2D eigenvalue weighted by atomic mass is 9.95. The van der Waals surface area contributed by atoms with Crippen LogP contribution in [0.25, 0.3) is 0 Å². The molecule has 3 heteroatoms. The molecule has 17 heavy (non-hydrogen) atoms. The fourth-order valence-electron chi connectivity index (χ4n) is 2.38. The molecule has 1 N–H and O–H groups in total. The lowest BCUT2D eigenvalue weighted by molar-refractivity contribution is -0.137. The second kappa shape index (κ2) is 5.32. The molecule has 0 aromatic heterocycles. The van der Waals surface area contributed by atoms with Crippen molar-refractivity contribution in [3.05, 3.63) is 35.9 Å². The minimum Gasteiger partial charge on any atom is -0.396 e. The van der Waals surface area contributed by atoms with Crippen LogP contribution in [0.5, 0.6) is 0 Å². The van der Waals surface area contributed by atoms with E-state index in [1.807, 2.05) is 42.2 Å². The van der Waals surface area contributed by atoms with Crippen molar-refractivity contribution in [2.45, 2.75) is 25.8 Å². The number of aliphatic hydroxyl groups excluding tert-OH is 1. The molecule has 0 saturated carbocycles. The SMILES string of the molecule is CC(c1ccccc1)N1CC(CO)CCC1=O. The molecule has 2 atom stereocenters. The Balaban J connectivity index is 2.12. The smallest absolute Gasteiger partial charge is 0.223 e. The van der Waals surface area contributed by atoms with Crippen LogP contribution < -0.4 is 0 Å². The van der Waals surface area contributed by atoms with Gasteiger partial charge in [0.05, 0.1) is 6.04 Å². The van der Waals surface area contributed by atoms with Crippen LogP contribution in [0.15, 0.2) is 30.3 Å². The van der Waals surface area contributed by atoms with E-state index in [4.69, 9.17) is 0 Å². The normalized spacial score (nSPS) is 22.6. The molecule has 1 amide bonds. The third-order valence-corrected chi connectivity index (χ3v) is 3.55. The molecule has 1 aliphatic rings. The highest BCUT2D eigenvalue weighted by atomic mass is 16.3. The summed E-state index contributed by atoms with van der Waals surface area (Å²) in [4.78, 5) is 13.8. The summed E-state index contributed by atoms with van der Waals surface area (Å²) < 4.78 is 0. The molecule has 0 aliphatic carbocycles. The highest BCUT2D eigenvalue weighted by Crippen LogP contribution is 2.27. The summed E-state index contributed by atoms with van der Waals surface area (Å²) in [6, 6.07) is 10.1. The Morgan fingerprint density at radius 1 is 1.41 bits per heavy atom. The number of nitrogens with zero attached hydrogens (tertiary/aromatic N) is 1. The Morgan fingerprint density at radius 3 is 2.76 bits per heavy atom.